The number of piperidine rings is 1. The van der Waals surface area contributed by atoms with Gasteiger partial charge in [-0.3, -0.25) is 0 Å². The summed E-state index contributed by atoms with van der Waals surface area (Å²) in [6.45, 7) is 5.47. The molecule has 1 spiro atoms. The van der Waals surface area contributed by atoms with Gasteiger partial charge in [-0.25, -0.2) is 0 Å². The highest BCUT2D eigenvalue weighted by Gasteiger charge is 2.35. The van der Waals surface area contributed by atoms with Crippen molar-refractivity contribution in [3.63, 3.8) is 0 Å². The molecule has 16 heavy (non-hydrogen) atoms. The van der Waals surface area contributed by atoms with Crippen molar-refractivity contribution in [2.45, 2.75) is 51.9 Å². The van der Waals surface area contributed by atoms with E-state index in [1.807, 2.05) is 6.92 Å². The Morgan fingerprint density at radius 1 is 1.12 bits per heavy atom. The van der Waals surface area contributed by atoms with Crippen molar-refractivity contribution in [2.75, 3.05) is 19.6 Å². The molecule has 0 N–H and O–H groups in total. The van der Waals surface area contributed by atoms with Gasteiger partial charge < -0.3 is 4.90 Å². The van der Waals surface area contributed by atoms with Crippen LogP contribution in [0.1, 0.15) is 51.9 Å². The second kappa shape index (κ2) is 5.19. The molecule has 0 aromatic heterocycles. The molecule has 2 aliphatic rings. The summed E-state index contributed by atoms with van der Waals surface area (Å²) in [5.74, 6) is 0.195. The molecule has 2 fully saturated rings. The van der Waals surface area contributed by atoms with Gasteiger partial charge in [-0.2, -0.15) is 5.26 Å². The van der Waals surface area contributed by atoms with Gasteiger partial charge in [-0.1, -0.05) is 19.3 Å². The number of rotatable bonds is 2. The fourth-order valence-corrected chi connectivity index (χ4v) is 3.44. The Labute approximate surface area is 99.6 Å². The normalized spacial score (nSPS) is 27.5. The van der Waals surface area contributed by atoms with Crippen LogP contribution in [0.25, 0.3) is 0 Å². The van der Waals surface area contributed by atoms with Crippen LogP contribution >= 0.6 is 0 Å². The van der Waals surface area contributed by atoms with Crippen molar-refractivity contribution >= 4 is 0 Å². The molecule has 1 heterocycles. The topological polar surface area (TPSA) is 27.0 Å². The Morgan fingerprint density at radius 3 is 2.31 bits per heavy atom. The van der Waals surface area contributed by atoms with E-state index in [-0.39, 0.29) is 5.92 Å². The van der Waals surface area contributed by atoms with Crippen LogP contribution in [0.4, 0.5) is 0 Å². The highest BCUT2D eigenvalue weighted by molar-refractivity contribution is 4.90. The maximum Gasteiger partial charge on any atom is 0.0666 e. The minimum atomic E-state index is 0.195. The maximum absolute atomic E-state index is 8.83. The molecule has 0 radical (unpaired) electrons. The predicted octanol–water partition coefficient (Wildman–Crippen LogP) is 3.19. The first-order valence-corrected chi connectivity index (χ1v) is 6.86. The zero-order valence-corrected chi connectivity index (χ0v) is 10.5. The van der Waals surface area contributed by atoms with E-state index in [1.165, 1.54) is 58.0 Å². The van der Waals surface area contributed by atoms with E-state index in [0.29, 0.717) is 5.41 Å². The number of nitrogens with zero attached hydrogens (tertiary/aromatic N) is 2. The fraction of sp³-hybridized carbons (Fsp3) is 0.929. The van der Waals surface area contributed by atoms with Crippen LogP contribution in [-0.4, -0.2) is 24.5 Å². The van der Waals surface area contributed by atoms with Crippen molar-refractivity contribution in [3.05, 3.63) is 0 Å². The van der Waals surface area contributed by atoms with Gasteiger partial charge in [0.15, 0.2) is 0 Å². The Kier molecular flexibility index (Phi) is 3.86. The molecule has 2 rings (SSSR count). The van der Waals surface area contributed by atoms with E-state index >= 15 is 0 Å². The van der Waals surface area contributed by atoms with E-state index < -0.39 is 0 Å². The van der Waals surface area contributed by atoms with Gasteiger partial charge >= 0.3 is 0 Å². The van der Waals surface area contributed by atoms with Crippen LogP contribution in [0.5, 0.6) is 0 Å². The minimum absolute atomic E-state index is 0.195. The summed E-state index contributed by atoms with van der Waals surface area (Å²) in [5.41, 5.74) is 0.699. The summed E-state index contributed by atoms with van der Waals surface area (Å²) in [6, 6.07) is 2.34. The van der Waals surface area contributed by atoms with E-state index in [9.17, 15) is 0 Å². The SMILES string of the molecule is CC(C#N)CN1CCC2(CCCCC2)CC1. The first-order chi connectivity index (χ1) is 7.74. The van der Waals surface area contributed by atoms with Crippen LogP contribution in [0.15, 0.2) is 0 Å². The molecule has 1 atom stereocenters. The number of nitriles is 1. The molecule has 1 aliphatic carbocycles. The van der Waals surface area contributed by atoms with Gasteiger partial charge in [-0.15, -0.1) is 0 Å². The predicted molar refractivity (Wildman–Crippen MR) is 66.0 cm³/mol. The van der Waals surface area contributed by atoms with Crippen LogP contribution in [0.2, 0.25) is 0 Å². The molecule has 2 nitrogen and oxygen atoms in total. The Morgan fingerprint density at radius 2 is 1.75 bits per heavy atom. The molecular formula is C14H24N2. The van der Waals surface area contributed by atoms with Gasteiger partial charge in [0.05, 0.1) is 12.0 Å². The van der Waals surface area contributed by atoms with E-state index in [0.717, 1.165) is 6.54 Å². The summed E-state index contributed by atoms with van der Waals surface area (Å²) >= 11 is 0. The average molecular weight is 220 g/mol. The highest BCUT2D eigenvalue weighted by Crippen LogP contribution is 2.44. The van der Waals surface area contributed by atoms with Crippen LogP contribution in [0.3, 0.4) is 0 Å². The zero-order valence-electron chi connectivity index (χ0n) is 10.5. The van der Waals surface area contributed by atoms with Crippen LogP contribution < -0.4 is 0 Å². The van der Waals surface area contributed by atoms with E-state index in [2.05, 4.69) is 11.0 Å². The van der Waals surface area contributed by atoms with Crippen molar-refractivity contribution in [1.82, 2.24) is 4.90 Å². The average Bonchev–Trinajstić information content (AvgIpc) is 2.33. The van der Waals surface area contributed by atoms with Gasteiger partial charge in [0.2, 0.25) is 0 Å². The third kappa shape index (κ3) is 2.77. The zero-order chi connectivity index (χ0) is 11.4. The van der Waals surface area contributed by atoms with Gasteiger partial charge in [0, 0.05) is 6.54 Å². The van der Waals surface area contributed by atoms with E-state index in [4.69, 9.17) is 5.26 Å². The molecule has 1 unspecified atom stereocenters. The molecular weight excluding hydrogens is 196 g/mol. The fourth-order valence-electron chi connectivity index (χ4n) is 3.44. The summed E-state index contributed by atoms with van der Waals surface area (Å²) in [4.78, 5) is 2.49. The van der Waals surface area contributed by atoms with Crippen LogP contribution in [0, 0.1) is 22.7 Å². The summed E-state index contributed by atoms with van der Waals surface area (Å²) in [7, 11) is 0. The quantitative estimate of drug-likeness (QED) is 0.714. The molecule has 1 aliphatic heterocycles. The number of hydrogen-bond donors (Lipinski definition) is 0. The Hall–Kier alpha value is -0.550. The molecule has 0 amide bonds. The van der Waals surface area contributed by atoms with Gasteiger partial charge in [0.1, 0.15) is 0 Å². The largest absolute Gasteiger partial charge is 0.302 e. The summed E-state index contributed by atoms with van der Waals surface area (Å²) in [5, 5.41) is 8.83. The summed E-state index contributed by atoms with van der Waals surface area (Å²) in [6.07, 6.45) is 10.1. The Balaban J connectivity index is 1.80. The molecule has 0 aromatic carbocycles. The number of likely N-dealkylation sites (tertiary alicyclic amines) is 1. The van der Waals surface area contributed by atoms with Gasteiger partial charge in [0.25, 0.3) is 0 Å². The molecule has 0 aromatic rings. The third-order valence-corrected chi connectivity index (χ3v) is 4.58. The first kappa shape index (κ1) is 11.9. The highest BCUT2D eigenvalue weighted by atomic mass is 15.1. The lowest BCUT2D eigenvalue weighted by molar-refractivity contribution is 0.0643. The Bertz CT molecular complexity index is 250. The van der Waals surface area contributed by atoms with Gasteiger partial charge in [-0.05, 0) is 51.1 Å². The first-order valence-electron chi connectivity index (χ1n) is 6.86. The molecule has 0 bridgehead atoms. The lowest BCUT2D eigenvalue weighted by Crippen LogP contribution is -2.42. The molecule has 1 saturated heterocycles. The minimum Gasteiger partial charge on any atom is -0.302 e. The van der Waals surface area contributed by atoms with E-state index in [1.54, 1.807) is 0 Å². The van der Waals surface area contributed by atoms with Crippen molar-refractivity contribution in [2.24, 2.45) is 11.3 Å². The third-order valence-electron chi connectivity index (χ3n) is 4.58. The van der Waals surface area contributed by atoms with Crippen molar-refractivity contribution in [1.29, 1.82) is 5.26 Å². The van der Waals surface area contributed by atoms with Crippen LogP contribution in [-0.2, 0) is 0 Å². The second-order valence-electron chi connectivity index (χ2n) is 5.89. The summed E-state index contributed by atoms with van der Waals surface area (Å²) < 4.78 is 0. The molecule has 1 saturated carbocycles. The lowest BCUT2D eigenvalue weighted by atomic mass is 9.68. The lowest BCUT2D eigenvalue weighted by Gasteiger charge is -2.44. The molecule has 2 heteroatoms. The maximum atomic E-state index is 8.83. The van der Waals surface area contributed by atoms with Crippen molar-refractivity contribution in [3.8, 4) is 6.07 Å². The standard InChI is InChI=1S/C14H24N2/c1-13(11-15)12-16-9-7-14(8-10-16)5-3-2-4-6-14/h13H,2-10,12H2,1H3. The van der Waals surface area contributed by atoms with Crippen molar-refractivity contribution < 1.29 is 0 Å². The molecule has 90 valence electrons. The smallest absolute Gasteiger partial charge is 0.0666 e. The monoisotopic (exact) mass is 220 g/mol. The second-order valence-corrected chi connectivity index (χ2v) is 5.89. The number of hydrogen-bond acceptors (Lipinski definition) is 2.